The van der Waals surface area contributed by atoms with E-state index < -0.39 is 0 Å². The van der Waals surface area contributed by atoms with E-state index in [1.807, 2.05) is 6.07 Å². The lowest BCUT2D eigenvalue weighted by molar-refractivity contribution is 0.355. The predicted octanol–water partition coefficient (Wildman–Crippen LogP) is 4.35. The highest BCUT2D eigenvalue weighted by Gasteiger charge is 2.15. The molecule has 1 N–H and O–H groups in total. The molecular weight excluding hydrogens is 262 g/mol. The minimum Gasteiger partial charge on any atom is -0.493 e. The Labute approximate surface area is 120 Å². The normalized spacial score (nSPS) is 16.2. The van der Waals surface area contributed by atoms with E-state index in [-0.39, 0.29) is 0 Å². The number of ether oxygens (including phenoxy) is 2. The van der Waals surface area contributed by atoms with Crippen LogP contribution in [0.25, 0.3) is 0 Å². The lowest BCUT2D eigenvalue weighted by Crippen LogP contribution is -2.17. The summed E-state index contributed by atoms with van der Waals surface area (Å²) in [4.78, 5) is 0. The molecule has 2 rings (SSSR count). The quantitative estimate of drug-likeness (QED) is 0.871. The maximum absolute atomic E-state index is 6.26. The Bertz CT molecular complexity index is 417. The minimum absolute atomic E-state index is 0.663. The van der Waals surface area contributed by atoms with Crippen molar-refractivity contribution >= 4 is 17.3 Å². The molecule has 0 saturated heterocycles. The van der Waals surface area contributed by atoms with Crippen molar-refractivity contribution in [1.29, 1.82) is 0 Å². The molecule has 0 aromatic heterocycles. The molecule has 1 aliphatic carbocycles. The Morgan fingerprint density at radius 1 is 1.11 bits per heavy atom. The average molecular weight is 284 g/mol. The average Bonchev–Trinajstić information content (AvgIpc) is 2.46. The van der Waals surface area contributed by atoms with Crippen LogP contribution in [0.5, 0.6) is 11.5 Å². The van der Waals surface area contributed by atoms with E-state index in [2.05, 4.69) is 5.32 Å². The molecule has 0 aliphatic heterocycles. The summed E-state index contributed by atoms with van der Waals surface area (Å²) in [6, 6.07) is 3.70. The van der Waals surface area contributed by atoms with E-state index in [4.69, 9.17) is 21.1 Å². The van der Waals surface area contributed by atoms with E-state index in [0.717, 1.165) is 18.2 Å². The second-order valence-corrected chi connectivity index (χ2v) is 5.48. The molecule has 106 valence electrons. The summed E-state index contributed by atoms with van der Waals surface area (Å²) in [5.74, 6) is 2.13. The Morgan fingerprint density at radius 3 is 2.37 bits per heavy atom. The Morgan fingerprint density at radius 2 is 1.74 bits per heavy atom. The third-order valence-electron chi connectivity index (χ3n) is 3.78. The number of benzene rings is 1. The van der Waals surface area contributed by atoms with E-state index in [9.17, 15) is 0 Å². The van der Waals surface area contributed by atoms with E-state index >= 15 is 0 Å². The second kappa shape index (κ2) is 6.90. The van der Waals surface area contributed by atoms with Crippen molar-refractivity contribution in [3.8, 4) is 11.5 Å². The standard InChI is InChI=1S/C15H22ClNO2/c1-18-14-8-12(16)13(9-15(14)19-2)17-10-11-6-4-3-5-7-11/h8-9,11,17H,3-7,10H2,1-2H3. The lowest BCUT2D eigenvalue weighted by Gasteiger charge is -2.23. The maximum Gasteiger partial charge on any atom is 0.162 e. The molecule has 0 radical (unpaired) electrons. The summed E-state index contributed by atoms with van der Waals surface area (Å²) in [6.07, 6.45) is 6.72. The molecule has 0 spiro atoms. The van der Waals surface area contributed by atoms with E-state index in [1.54, 1.807) is 20.3 Å². The van der Waals surface area contributed by atoms with Crippen LogP contribution in [0, 0.1) is 5.92 Å². The number of methoxy groups -OCH3 is 2. The van der Waals surface area contributed by atoms with Crippen LogP contribution in [-0.2, 0) is 0 Å². The van der Waals surface area contributed by atoms with Gasteiger partial charge in [-0.3, -0.25) is 0 Å². The van der Waals surface area contributed by atoms with Gasteiger partial charge in [-0.05, 0) is 18.8 Å². The number of rotatable bonds is 5. The van der Waals surface area contributed by atoms with Gasteiger partial charge in [0.25, 0.3) is 0 Å². The van der Waals surface area contributed by atoms with Gasteiger partial charge >= 0.3 is 0 Å². The molecule has 1 aromatic rings. The second-order valence-electron chi connectivity index (χ2n) is 5.07. The molecular formula is C15H22ClNO2. The van der Waals surface area contributed by atoms with Crippen LogP contribution >= 0.6 is 11.6 Å². The first kappa shape index (κ1) is 14.3. The Balaban J connectivity index is 2.02. The third-order valence-corrected chi connectivity index (χ3v) is 4.09. The van der Waals surface area contributed by atoms with Crippen LogP contribution in [-0.4, -0.2) is 20.8 Å². The minimum atomic E-state index is 0.663. The molecule has 0 amide bonds. The maximum atomic E-state index is 6.26. The zero-order valence-electron chi connectivity index (χ0n) is 11.7. The first-order chi connectivity index (χ1) is 9.24. The monoisotopic (exact) mass is 283 g/mol. The first-order valence-electron chi connectivity index (χ1n) is 6.90. The number of anilines is 1. The van der Waals surface area contributed by atoms with Crippen molar-refractivity contribution in [1.82, 2.24) is 0 Å². The summed E-state index contributed by atoms with van der Waals surface area (Å²) < 4.78 is 10.5. The zero-order valence-corrected chi connectivity index (χ0v) is 12.4. The van der Waals surface area contributed by atoms with Crippen LogP contribution in [0.4, 0.5) is 5.69 Å². The molecule has 1 aliphatic rings. The van der Waals surface area contributed by atoms with Crippen molar-refractivity contribution in [2.24, 2.45) is 5.92 Å². The van der Waals surface area contributed by atoms with Gasteiger partial charge in [-0.25, -0.2) is 0 Å². The highest BCUT2D eigenvalue weighted by atomic mass is 35.5. The Hall–Kier alpha value is -1.09. The van der Waals surface area contributed by atoms with Gasteiger partial charge in [-0.15, -0.1) is 0 Å². The van der Waals surface area contributed by atoms with Crippen molar-refractivity contribution < 1.29 is 9.47 Å². The van der Waals surface area contributed by atoms with Crippen molar-refractivity contribution in [2.45, 2.75) is 32.1 Å². The number of nitrogens with one attached hydrogen (secondary N) is 1. The van der Waals surface area contributed by atoms with Crippen LogP contribution in [0.2, 0.25) is 5.02 Å². The molecule has 0 unspecified atom stereocenters. The molecule has 1 saturated carbocycles. The number of halogens is 1. The van der Waals surface area contributed by atoms with Crippen molar-refractivity contribution in [3.05, 3.63) is 17.2 Å². The van der Waals surface area contributed by atoms with Gasteiger partial charge in [-0.1, -0.05) is 30.9 Å². The van der Waals surface area contributed by atoms with Crippen LogP contribution in [0.15, 0.2) is 12.1 Å². The van der Waals surface area contributed by atoms with Crippen molar-refractivity contribution in [3.63, 3.8) is 0 Å². The number of hydrogen-bond acceptors (Lipinski definition) is 3. The molecule has 3 nitrogen and oxygen atoms in total. The van der Waals surface area contributed by atoms with Gasteiger partial charge in [0.15, 0.2) is 11.5 Å². The Kier molecular flexibility index (Phi) is 5.20. The van der Waals surface area contributed by atoms with Crippen LogP contribution in [0.1, 0.15) is 32.1 Å². The highest BCUT2D eigenvalue weighted by molar-refractivity contribution is 6.33. The van der Waals surface area contributed by atoms with E-state index in [1.165, 1.54) is 32.1 Å². The smallest absolute Gasteiger partial charge is 0.162 e. The molecule has 4 heteroatoms. The first-order valence-corrected chi connectivity index (χ1v) is 7.27. The fraction of sp³-hybridized carbons (Fsp3) is 0.600. The summed E-state index contributed by atoms with van der Waals surface area (Å²) in [5, 5.41) is 4.12. The van der Waals surface area contributed by atoms with Gasteiger partial charge in [0.05, 0.1) is 24.9 Å². The summed E-state index contributed by atoms with van der Waals surface area (Å²) in [5.41, 5.74) is 0.921. The summed E-state index contributed by atoms with van der Waals surface area (Å²) >= 11 is 6.26. The van der Waals surface area contributed by atoms with Gasteiger partial charge < -0.3 is 14.8 Å². The fourth-order valence-electron chi connectivity index (χ4n) is 2.64. The van der Waals surface area contributed by atoms with E-state index in [0.29, 0.717) is 16.5 Å². The molecule has 0 heterocycles. The SMILES string of the molecule is COc1cc(Cl)c(NCC2CCCCC2)cc1OC. The van der Waals surface area contributed by atoms with Gasteiger partial charge in [0.1, 0.15) is 0 Å². The topological polar surface area (TPSA) is 30.5 Å². The summed E-state index contributed by atoms with van der Waals surface area (Å²) in [7, 11) is 3.25. The highest BCUT2D eigenvalue weighted by Crippen LogP contribution is 2.36. The largest absolute Gasteiger partial charge is 0.493 e. The summed E-state index contributed by atoms with van der Waals surface area (Å²) in [6.45, 7) is 0.981. The molecule has 1 fully saturated rings. The number of hydrogen-bond donors (Lipinski definition) is 1. The fourth-order valence-corrected chi connectivity index (χ4v) is 2.86. The molecule has 1 aromatic carbocycles. The zero-order chi connectivity index (χ0) is 13.7. The molecule has 19 heavy (non-hydrogen) atoms. The van der Waals surface area contributed by atoms with Crippen molar-refractivity contribution in [2.75, 3.05) is 26.1 Å². The third kappa shape index (κ3) is 3.69. The van der Waals surface area contributed by atoms with Crippen LogP contribution in [0.3, 0.4) is 0 Å². The van der Waals surface area contributed by atoms with Gasteiger partial charge in [-0.2, -0.15) is 0 Å². The molecule has 0 bridgehead atoms. The molecule has 0 atom stereocenters. The van der Waals surface area contributed by atoms with Crippen LogP contribution < -0.4 is 14.8 Å². The lowest BCUT2D eigenvalue weighted by atomic mass is 9.89. The predicted molar refractivity (Wildman–Crippen MR) is 79.6 cm³/mol. The van der Waals surface area contributed by atoms with Gasteiger partial charge in [0, 0.05) is 18.7 Å². The van der Waals surface area contributed by atoms with Gasteiger partial charge in [0.2, 0.25) is 0 Å².